The summed E-state index contributed by atoms with van der Waals surface area (Å²) in [5.74, 6) is -0.703. The first kappa shape index (κ1) is 27.2. The zero-order chi connectivity index (χ0) is 29.3. The Morgan fingerprint density at radius 3 is 2.51 bits per heavy atom. The van der Waals surface area contributed by atoms with Gasteiger partial charge in [0, 0.05) is 48.8 Å². The number of nitriles is 2. The summed E-state index contributed by atoms with van der Waals surface area (Å²) in [7, 11) is 0. The van der Waals surface area contributed by atoms with E-state index in [9.17, 15) is 20.0 Å². The molecule has 1 aliphatic rings. The fraction of sp³-hybridized carbons (Fsp3) is 0.258. The second kappa shape index (κ2) is 11.0. The summed E-state index contributed by atoms with van der Waals surface area (Å²) < 4.78 is 1.41. The van der Waals surface area contributed by atoms with Crippen molar-refractivity contribution in [2.75, 3.05) is 34.8 Å². The van der Waals surface area contributed by atoms with Crippen LogP contribution < -0.4 is 20.7 Å². The molecule has 3 heterocycles. The average Bonchev–Trinajstić information content (AvgIpc) is 2.97. The molecule has 1 saturated heterocycles. The minimum absolute atomic E-state index is 0.0186. The number of para-hydroxylation sites is 1. The maximum Gasteiger partial charge on any atom is 0.337 e. The molecule has 4 aromatic rings. The van der Waals surface area contributed by atoms with Crippen molar-refractivity contribution in [3.63, 3.8) is 0 Å². The van der Waals surface area contributed by atoms with E-state index in [1.165, 1.54) is 10.5 Å². The van der Waals surface area contributed by atoms with Crippen LogP contribution in [0.15, 0.2) is 65.6 Å². The van der Waals surface area contributed by atoms with Crippen molar-refractivity contribution in [2.45, 2.75) is 32.9 Å². The van der Waals surface area contributed by atoms with Crippen LogP contribution in [0.5, 0.6) is 0 Å². The van der Waals surface area contributed by atoms with Crippen molar-refractivity contribution in [3.8, 4) is 12.1 Å². The standard InChI is InChI=1S/C31H29N7O3/c1-19-14-25(21(3)34-27-7-5-4-6-24(27)31(40)41)29-35-28(26(16-33)30(39)38(29)17-19)36-12-13-37(20(2)18-36)23-10-8-22(15-32)9-11-23/h4-11,14,17,20-21,34H,12-13,18H2,1-3H3,(H,40,41)/t20-,21?/m0/s1. The number of carboxylic acid groups (broad SMARTS) is 1. The molecule has 2 aromatic carbocycles. The minimum Gasteiger partial charge on any atom is -0.478 e. The van der Waals surface area contributed by atoms with Crippen LogP contribution in [0.1, 0.15) is 52.5 Å². The molecule has 0 bridgehead atoms. The average molecular weight is 548 g/mol. The van der Waals surface area contributed by atoms with Gasteiger partial charge >= 0.3 is 5.97 Å². The molecule has 0 saturated carbocycles. The van der Waals surface area contributed by atoms with E-state index in [1.54, 1.807) is 36.5 Å². The van der Waals surface area contributed by atoms with Crippen molar-refractivity contribution < 1.29 is 9.90 Å². The van der Waals surface area contributed by atoms with E-state index >= 15 is 0 Å². The number of pyridine rings is 1. The fourth-order valence-corrected chi connectivity index (χ4v) is 5.41. The molecule has 0 radical (unpaired) electrons. The first-order valence-corrected chi connectivity index (χ1v) is 13.3. The number of carboxylic acids is 1. The third kappa shape index (κ3) is 5.15. The third-order valence-electron chi connectivity index (χ3n) is 7.43. The van der Waals surface area contributed by atoms with Crippen LogP contribution in [0.25, 0.3) is 5.65 Å². The SMILES string of the molecule is Cc1cc(C(C)Nc2ccccc2C(=O)O)c2nc(N3CCN(c4ccc(C#N)cc4)[C@@H](C)C3)c(C#N)c(=O)n2c1. The Balaban J connectivity index is 1.53. The lowest BCUT2D eigenvalue weighted by Gasteiger charge is -2.42. The van der Waals surface area contributed by atoms with Gasteiger partial charge in [0.25, 0.3) is 5.56 Å². The zero-order valence-corrected chi connectivity index (χ0v) is 23.0. The van der Waals surface area contributed by atoms with Crippen LogP contribution in [0, 0.1) is 29.6 Å². The quantitative estimate of drug-likeness (QED) is 0.361. The van der Waals surface area contributed by atoms with Gasteiger partial charge in [-0.2, -0.15) is 10.5 Å². The highest BCUT2D eigenvalue weighted by atomic mass is 16.4. The van der Waals surface area contributed by atoms with Crippen LogP contribution in [0.2, 0.25) is 0 Å². The minimum atomic E-state index is -1.04. The van der Waals surface area contributed by atoms with Gasteiger partial charge in [-0.3, -0.25) is 9.20 Å². The Morgan fingerprint density at radius 2 is 1.85 bits per heavy atom. The Morgan fingerprint density at radius 1 is 1.12 bits per heavy atom. The molecule has 0 amide bonds. The summed E-state index contributed by atoms with van der Waals surface area (Å²) in [5, 5.41) is 32.0. The molecule has 2 atom stereocenters. The number of rotatable bonds is 6. The van der Waals surface area contributed by atoms with Crippen LogP contribution in [-0.4, -0.2) is 46.1 Å². The Hall–Kier alpha value is -5.35. The summed E-state index contributed by atoms with van der Waals surface area (Å²) in [6, 6.07) is 19.9. The predicted octanol–water partition coefficient (Wildman–Crippen LogP) is 4.33. The highest BCUT2D eigenvalue weighted by Gasteiger charge is 2.29. The molecular formula is C31H29N7O3. The van der Waals surface area contributed by atoms with Crippen LogP contribution >= 0.6 is 0 Å². The molecule has 2 aromatic heterocycles. The lowest BCUT2D eigenvalue weighted by molar-refractivity contribution is 0.0698. The Labute approximate surface area is 237 Å². The van der Waals surface area contributed by atoms with E-state index in [0.717, 1.165) is 11.3 Å². The van der Waals surface area contributed by atoms with Crippen LogP contribution in [-0.2, 0) is 0 Å². The summed E-state index contributed by atoms with van der Waals surface area (Å²) in [6.45, 7) is 7.54. The smallest absolute Gasteiger partial charge is 0.337 e. The summed E-state index contributed by atoms with van der Waals surface area (Å²) in [6.07, 6.45) is 1.67. The van der Waals surface area contributed by atoms with Gasteiger partial charge in [0.05, 0.1) is 23.2 Å². The lowest BCUT2D eigenvalue weighted by Crippen LogP contribution is -2.53. The number of nitrogens with one attached hydrogen (secondary N) is 1. The van der Waals surface area contributed by atoms with Crippen molar-refractivity contribution in [1.82, 2.24) is 9.38 Å². The number of fused-ring (bicyclic) bond motifs is 1. The van der Waals surface area contributed by atoms with Crippen molar-refractivity contribution in [1.29, 1.82) is 10.5 Å². The van der Waals surface area contributed by atoms with E-state index in [-0.39, 0.29) is 17.2 Å². The maximum absolute atomic E-state index is 13.6. The third-order valence-corrected chi connectivity index (χ3v) is 7.43. The predicted molar refractivity (Wildman–Crippen MR) is 157 cm³/mol. The van der Waals surface area contributed by atoms with E-state index in [0.29, 0.717) is 47.9 Å². The van der Waals surface area contributed by atoms with Crippen molar-refractivity contribution in [3.05, 3.63) is 99.0 Å². The van der Waals surface area contributed by atoms with E-state index in [1.807, 2.05) is 36.9 Å². The molecular weight excluding hydrogens is 518 g/mol. The van der Waals surface area contributed by atoms with Gasteiger partial charge in [-0.1, -0.05) is 12.1 Å². The van der Waals surface area contributed by atoms with Gasteiger partial charge in [0.15, 0.2) is 11.4 Å². The maximum atomic E-state index is 13.6. The number of hydrogen-bond donors (Lipinski definition) is 2. The normalized spacial score (nSPS) is 15.7. The highest BCUT2D eigenvalue weighted by Crippen LogP contribution is 2.29. The summed E-state index contributed by atoms with van der Waals surface area (Å²) >= 11 is 0. The van der Waals surface area contributed by atoms with E-state index < -0.39 is 17.6 Å². The molecule has 10 heteroatoms. The second-order valence-electron chi connectivity index (χ2n) is 10.3. The molecule has 5 rings (SSSR count). The number of hydrogen-bond acceptors (Lipinski definition) is 8. The molecule has 0 spiro atoms. The van der Waals surface area contributed by atoms with Gasteiger partial charge in [0.1, 0.15) is 11.7 Å². The number of aryl methyl sites for hydroxylation is 1. The van der Waals surface area contributed by atoms with Gasteiger partial charge in [-0.15, -0.1) is 0 Å². The first-order chi connectivity index (χ1) is 19.7. The molecule has 206 valence electrons. The van der Waals surface area contributed by atoms with Crippen molar-refractivity contribution >= 4 is 28.8 Å². The fourth-order valence-electron chi connectivity index (χ4n) is 5.41. The first-order valence-electron chi connectivity index (χ1n) is 13.3. The number of aromatic nitrogens is 2. The number of carbonyl (C=O) groups is 1. The highest BCUT2D eigenvalue weighted by molar-refractivity contribution is 5.94. The Kier molecular flexibility index (Phi) is 7.32. The molecule has 1 fully saturated rings. The largest absolute Gasteiger partial charge is 0.478 e. The van der Waals surface area contributed by atoms with Crippen molar-refractivity contribution in [2.24, 2.45) is 0 Å². The number of anilines is 3. The molecule has 1 unspecified atom stereocenters. The number of nitrogens with zero attached hydrogens (tertiary/aromatic N) is 6. The molecule has 1 aliphatic heterocycles. The lowest BCUT2D eigenvalue weighted by atomic mass is 10.1. The molecule has 0 aliphatic carbocycles. The number of piperazine rings is 1. The molecule has 10 nitrogen and oxygen atoms in total. The van der Waals surface area contributed by atoms with Gasteiger partial charge in [-0.05, 0) is 68.8 Å². The van der Waals surface area contributed by atoms with Gasteiger partial charge in [-0.25, -0.2) is 9.78 Å². The topological polar surface area (TPSA) is 138 Å². The summed E-state index contributed by atoms with van der Waals surface area (Å²) in [4.78, 5) is 34.5. The monoisotopic (exact) mass is 547 g/mol. The summed E-state index contributed by atoms with van der Waals surface area (Å²) in [5.41, 5.74) is 3.65. The molecule has 2 N–H and O–H groups in total. The molecule has 41 heavy (non-hydrogen) atoms. The Bertz CT molecular complexity index is 1780. The van der Waals surface area contributed by atoms with Crippen LogP contribution in [0.3, 0.4) is 0 Å². The van der Waals surface area contributed by atoms with E-state index in [2.05, 4.69) is 29.3 Å². The van der Waals surface area contributed by atoms with Gasteiger partial charge < -0.3 is 20.2 Å². The number of benzene rings is 2. The zero-order valence-electron chi connectivity index (χ0n) is 23.0. The van der Waals surface area contributed by atoms with E-state index in [4.69, 9.17) is 10.2 Å². The second-order valence-corrected chi connectivity index (χ2v) is 10.3. The number of aromatic carboxylic acids is 1. The van der Waals surface area contributed by atoms with Crippen LogP contribution in [0.4, 0.5) is 17.2 Å². The van der Waals surface area contributed by atoms with Gasteiger partial charge in [0.2, 0.25) is 0 Å².